The van der Waals surface area contributed by atoms with Crippen molar-refractivity contribution in [2.24, 2.45) is 0 Å². The maximum absolute atomic E-state index is 5.84. The molecule has 0 aliphatic rings. The van der Waals surface area contributed by atoms with Gasteiger partial charge in [-0.2, -0.15) is 20.2 Å². The summed E-state index contributed by atoms with van der Waals surface area (Å²) in [5, 5.41) is 15.1. The van der Waals surface area contributed by atoms with Crippen LogP contribution < -0.4 is 5.32 Å². The van der Waals surface area contributed by atoms with E-state index in [2.05, 4.69) is 30.6 Å². The van der Waals surface area contributed by atoms with Crippen LogP contribution in [0.1, 0.15) is 0 Å². The second kappa shape index (κ2) is 3.70. The summed E-state index contributed by atoms with van der Waals surface area (Å²) in [5.74, 6) is 1.11. The molecule has 2 N–H and O–H groups in total. The number of aromatic amines is 1. The molecule has 86 valence electrons. The summed E-state index contributed by atoms with van der Waals surface area (Å²) in [5.41, 5.74) is 0.644. The number of anilines is 1. The third-order valence-electron chi connectivity index (χ3n) is 2.28. The van der Waals surface area contributed by atoms with Crippen molar-refractivity contribution in [3.05, 3.63) is 23.6 Å². The lowest BCUT2D eigenvalue weighted by Gasteiger charge is -2.04. The summed E-state index contributed by atoms with van der Waals surface area (Å²) in [6.45, 7) is 0. The topological polar surface area (TPSA) is 84.3 Å². The SMILES string of the molecule is CNc1nc(-n2cc(Cl)cn2)c2cn[nH]c2n1. The Morgan fingerprint density at radius 2 is 2.24 bits per heavy atom. The monoisotopic (exact) mass is 249 g/mol. The van der Waals surface area contributed by atoms with Crippen molar-refractivity contribution < 1.29 is 0 Å². The highest BCUT2D eigenvalue weighted by atomic mass is 35.5. The van der Waals surface area contributed by atoms with E-state index in [-0.39, 0.29) is 0 Å². The minimum atomic E-state index is 0.489. The Morgan fingerprint density at radius 3 is 2.94 bits per heavy atom. The molecule has 3 aromatic rings. The third-order valence-corrected chi connectivity index (χ3v) is 2.48. The van der Waals surface area contributed by atoms with E-state index in [9.17, 15) is 0 Å². The van der Waals surface area contributed by atoms with Gasteiger partial charge in [0.25, 0.3) is 0 Å². The number of aromatic nitrogens is 6. The minimum absolute atomic E-state index is 0.489. The van der Waals surface area contributed by atoms with Crippen LogP contribution >= 0.6 is 11.6 Å². The molecule has 17 heavy (non-hydrogen) atoms. The fraction of sp³-hybridized carbons (Fsp3) is 0.111. The van der Waals surface area contributed by atoms with E-state index >= 15 is 0 Å². The molecule has 0 spiro atoms. The van der Waals surface area contributed by atoms with Gasteiger partial charge >= 0.3 is 0 Å². The molecule has 0 aromatic carbocycles. The van der Waals surface area contributed by atoms with Gasteiger partial charge in [0.1, 0.15) is 0 Å². The van der Waals surface area contributed by atoms with Crippen molar-refractivity contribution in [3.63, 3.8) is 0 Å². The quantitative estimate of drug-likeness (QED) is 0.714. The van der Waals surface area contributed by atoms with Crippen molar-refractivity contribution in [2.45, 2.75) is 0 Å². The smallest absolute Gasteiger partial charge is 0.226 e. The Kier molecular flexibility index (Phi) is 2.19. The molecule has 0 saturated heterocycles. The van der Waals surface area contributed by atoms with Crippen LogP contribution in [0.5, 0.6) is 0 Å². The molecule has 0 bridgehead atoms. The molecule has 0 atom stereocenters. The maximum Gasteiger partial charge on any atom is 0.226 e. The first kappa shape index (κ1) is 10.0. The molecule has 3 rings (SSSR count). The number of nitrogens with one attached hydrogen (secondary N) is 2. The molecule has 3 aromatic heterocycles. The highest BCUT2D eigenvalue weighted by molar-refractivity contribution is 6.30. The first-order valence-electron chi connectivity index (χ1n) is 4.87. The molecule has 0 aliphatic carbocycles. The van der Waals surface area contributed by atoms with Crippen molar-refractivity contribution in [3.8, 4) is 5.82 Å². The van der Waals surface area contributed by atoms with Crippen LogP contribution in [0.15, 0.2) is 18.6 Å². The highest BCUT2D eigenvalue weighted by Gasteiger charge is 2.11. The van der Waals surface area contributed by atoms with Crippen LogP contribution in [-0.2, 0) is 0 Å². The summed E-state index contributed by atoms with van der Waals surface area (Å²) >= 11 is 5.84. The van der Waals surface area contributed by atoms with Gasteiger partial charge in [0.15, 0.2) is 11.5 Å². The van der Waals surface area contributed by atoms with E-state index in [1.54, 1.807) is 30.3 Å². The molecular formula is C9H8ClN7. The first-order valence-corrected chi connectivity index (χ1v) is 5.25. The summed E-state index contributed by atoms with van der Waals surface area (Å²) in [6.07, 6.45) is 4.88. The number of hydrogen-bond acceptors (Lipinski definition) is 5. The Bertz CT molecular complexity index is 671. The highest BCUT2D eigenvalue weighted by Crippen LogP contribution is 2.19. The second-order valence-electron chi connectivity index (χ2n) is 3.36. The van der Waals surface area contributed by atoms with Crippen molar-refractivity contribution in [2.75, 3.05) is 12.4 Å². The van der Waals surface area contributed by atoms with Crippen molar-refractivity contribution in [1.82, 2.24) is 29.9 Å². The Morgan fingerprint density at radius 1 is 1.35 bits per heavy atom. The molecule has 0 amide bonds. The van der Waals surface area contributed by atoms with Crippen LogP contribution in [0.25, 0.3) is 16.9 Å². The number of nitrogens with zero attached hydrogens (tertiary/aromatic N) is 5. The van der Waals surface area contributed by atoms with E-state index in [1.807, 2.05) is 0 Å². The maximum atomic E-state index is 5.84. The molecule has 0 aliphatic heterocycles. The molecule has 7 nitrogen and oxygen atoms in total. The summed E-state index contributed by atoms with van der Waals surface area (Å²) in [6, 6.07) is 0. The van der Waals surface area contributed by atoms with E-state index in [4.69, 9.17) is 11.6 Å². The van der Waals surface area contributed by atoms with E-state index in [0.29, 0.717) is 22.4 Å². The number of halogens is 1. The van der Waals surface area contributed by atoms with Gasteiger partial charge in [0.2, 0.25) is 5.95 Å². The molecule has 8 heteroatoms. The van der Waals surface area contributed by atoms with Gasteiger partial charge in [-0.1, -0.05) is 11.6 Å². The van der Waals surface area contributed by atoms with Crippen LogP contribution in [0.2, 0.25) is 5.02 Å². The lowest BCUT2D eigenvalue weighted by molar-refractivity contribution is 0.852. The lowest BCUT2D eigenvalue weighted by atomic mass is 10.4. The van der Waals surface area contributed by atoms with Crippen molar-refractivity contribution in [1.29, 1.82) is 0 Å². The summed E-state index contributed by atoms with van der Waals surface area (Å²) in [7, 11) is 1.75. The van der Waals surface area contributed by atoms with Gasteiger partial charge in [-0.05, 0) is 0 Å². The first-order chi connectivity index (χ1) is 8.28. The van der Waals surface area contributed by atoms with Crippen LogP contribution in [0.3, 0.4) is 0 Å². The number of H-pyrrole nitrogens is 1. The number of fused-ring (bicyclic) bond motifs is 1. The van der Waals surface area contributed by atoms with Gasteiger partial charge < -0.3 is 5.32 Å². The van der Waals surface area contributed by atoms with E-state index < -0.39 is 0 Å². The Balaban J connectivity index is 2.29. The standard InChI is InChI=1S/C9H8ClN7/c1-11-9-14-7-6(3-12-16-7)8(15-9)17-4-5(10)2-13-17/h2-4H,1H3,(H2,11,12,14,15,16). The summed E-state index contributed by atoms with van der Waals surface area (Å²) < 4.78 is 1.59. The molecule has 0 unspecified atom stereocenters. The zero-order chi connectivity index (χ0) is 11.8. The van der Waals surface area contributed by atoms with Crippen LogP contribution in [0.4, 0.5) is 5.95 Å². The Labute approximate surface area is 101 Å². The average molecular weight is 250 g/mol. The van der Waals surface area contributed by atoms with E-state index in [1.165, 1.54) is 0 Å². The summed E-state index contributed by atoms with van der Waals surface area (Å²) in [4.78, 5) is 8.57. The molecule has 0 radical (unpaired) electrons. The van der Waals surface area contributed by atoms with Crippen molar-refractivity contribution >= 4 is 28.6 Å². The van der Waals surface area contributed by atoms with Gasteiger partial charge in [0.05, 0.1) is 29.0 Å². The Hall–Kier alpha value is -2.15. The molecule has 0 saturated carbocycles. The van der Waals surface area contributed by atoms with Crippen LogP contribution in [0, 0.1) is 0 Å². The number of rotatable bonds is 2. The molecule has 3 heterocycles. The van der Waals surface area contributed by atoms with Gasteiger partial charge in [-0.3, -0.25) is 5.10 Å². The third kappa shape index (κ3) is 1.60. The largest absolute Gasteiger partial charge is 0.357 e. The van der Waals surface area contributed by atoms with Crippen LogP contribution in [-0.4, -0.2) is 37.0 Å². The fourth-order valence-electron chi connectivity index (χ4n) is 1.52. The normalized spacial score (nSPS) is 10.9. The molecule has 0 fully saturated rings. The van der Waals surface area contributed by atoms with E-state index in [0.717, 1.165) is 5.39 Å². The van der Waals surface area contributed by atoms with Gasteiger partial charge in [0, 0.05) is 7.05 Å². The molecular weight excluding hydrogens is 242 g/mol. The second-order valence-corrected chi connectivity index (χ2v) is 3.79. The predicted molar refractivity (Wildman–Crippen MR) is 63.4 cm³/mol. The van der Waals surface area contributed by atoms with Gasteiger partial charge in [-0.25, -0.2) is 4.68 Å². The fourth-order valence-corrected chi connectivity index (χ4v) is 1.66. The minimum Gasteiger partial charge on any atom is -0.357 e. The average Bonchev–Trinajstić information content (AvgIpc) is 2.95. The zero-order valence-electron chi connectivity index (χ0n) is 8.85. The predicted octanol–water partition coefficient (Wildman–Crippen LogP) is 1.23. The number of hydrogen-bond donors (Lipinski definition) is 2. The zero-order valence-corrected chi connectivity index (χ0v) is 9.60. The lowest BCUT2D eigenvalue weighted by Crippen LogP contribution is -2.04. The van der Waals surface area contributed by atoms with Gasteiger partial charge in [-0.15, -0.1) is 0 Å².